The van der Waals surface area contributed by atoms with Crippen LogP contribution < -0.4 is 0 Å². The van der Waals surface area contributed by atoms with Gasteiger partial charge in [0.15, 0.2) is 0 Å². The van der Waals surface area contributed by atoms with Gasteiger partial charge in [-0.05, 0) is 82.6 Å². The quantitative estimate of drug-likeness (QED) is 0.117. The van der Waals surface area contributed by atoms with Crippen molar-refractivity contribution in [2.75, 3.05) is 0 Å². The Bertz CT molecular complexity index is 2280. The molecule has 0 saturated carbocycles. The monoisotopic (exact) mass is 1120 g/mol. The molecule has 0 unspecified atom stereocenters. The number of allylic oxidation sites excluding steroid dienone is 6. The molecule has 0 amide bonds. The van der Waals surface area contributed by atoms with E-state index in [4.69, 9.17) is 0 Å². The van der Waals surface area contributed by atoms with Crippen LogP contribution in [0, 0.1) is 12.3 Å². The van der Waals surface area contributed by atoms with E-state index >= 15 is 0 Å². The van der Waals surface area contributed by atoms with E-state index < -0.39 is 55.3 Å². The molecule has 22 heteroatoms. The van der Waals surface area contributed by atoms with Gasteiger partial charge in [-0.25, -0.2) is 17.6 Å². The van der Waals surface area contributed by atoms with Crippen LogP contribution in [-0.2, 0) is 43.3 Å². The molecular weight excluding hydrogens is 1090 g/mol. The minimum Gasteiger partial charge on any atom is 0 e. The molecule has 0 spiro atoms. The number of rotatable bonds is 3. The molecule has 4 aromatic rings. The van der Waals surface area contributed by atoms with Crippen molar-refractivity contribution in [1.82, 2.24) is 19.9 Å². The Kier molecular flexibility index (Phi) is 17.0. The van der Waals surface area contributed by atoms with Crippen molar-refractivity contribution in [2.45, 2.75) is 64.7 Å². The van der Waals surface area contributed by atoms with Gasteiger partial charge >= 0.3 is 45.3 Å². The summed E-state index contributed by atoms with van der Waals surface area (Å²) in [5, 5.41) is 0. The average Bonchev–Trinajstić information content (AvgIpc) is 3.13. The fourth-order valence-electron chi connectivity index (χ4n) is 4.78. The zero-order chi connectivity index (χ0) is 48.0. The minimum absolute atomic E-state index is 0. The largest absolute Gasteiger partial charge is 0 e. The Morgan fingerprint density at radius 2 is 0.766 bits per heavy atom. The van der Waals surface area contributed by atoms with Crippen molar-refractivity contribution >= 4 is 19.0 Å². The van der Waals surface area contributed by atoms with Gasteiger partial charge in [-0.1, -0.05) is 41.5 Å². The Morgan fingerprint density at radius 1 is 0.453 bits per heavy atom. The second-order valence-electron chi connectivity index (χ2n) is 15.3. The van der Waals surface area contributed by atoms with Crippen LogP contribution in [0.1, 0.15) is 75.2 Å². The maximum absolute atomic E-state index is 13.3. The molecule has 0 atom stereocenters. The van der Waals surface area contributed by atoms with Crippen LogP contribution in [-0.4, -0.2) is 19.9 Å². The second kappa shape index (κ2) is 19.7. The summed E-state index contributed by atoms with van der Waals surface area (Å²) in [5.41, 5.74) is 6.97. The van der Waals surface area contributed by atoms with Crippen LogP contribution in [0.2, 0.25) is 0 Å². The minimum atomic E-state index is -10.7. The maximum atomic E-state index is 13.3. The first kappa shape index (κ1) is 55.2. The SMILES string of the molecule is CC(C)(C)c1ccnc(-c2cc(C(C)(C)C)ccn2)c1.F[C]1C=C(F)C=C=C1c1ccc(C(F)(F)F)cn1.F[C]1C=C(F)C=C=C1c1ccc(C(F)(F)F)cn1.F[P-](F)(F)(F)(F)F.[Ir]. The standard InChI is InChI=1S/C18H24N2.2C12H5F5N.F6P.Ir/c1-17(2,3)13-7-9-19-15(11-13)16-12-14(8-10-20-16)18(4,5)6;2*13-8-2-3-9(10(14)5-8)11-4-1-7(6-18-11)12(15,16)17;1-7(2,3,4,5)6;/h7-12H,1-6H3;2*1-2,4-6H;;/q;;;-1;. The molecular formula is C42H34F16IrN4P-. The Hall–Kier alpha value is -4.92. The third-order valence-electron chi connectivity index (χ3n) is 7.92. The predicted molar refractivity (Wildman–Crippen MR) is 207 cm³/mol. The van der Waals surface area contributed by atoms with Gasteiger partial charge in [0, 0.05) is 57.0 Å². The van der Waals surface area contributed by atoms with Gasteiger partial charge in [-0.15, -0.1) is 11.5 Å². The van der Waals surface area contributed by atoms with Crippen LogP contribution in [0.25, 0.3) is 22.5 Å². The molecule has 349 valence electrons. The summed E-state index contributed by atoms with van der Waals surface area (Å²) >= 11 is 0. The number of aromatic nitrogens is 4. The molecule has 2 aliphatic rings. The molecule has 0 saturated heterocycles. The smallest absolute Gasteiger partial charge is 0 e. The topological polar surface area (TPSA) is 51.6 Å². The molecule has 0 bridgehead atoms. The molecule has 64 heavy (non-hydrogen) atoms. The zero-order valence-corrected chi connectivity index (χ0v) is 37.1. The molecule has 0 N–H and O–H groups in total. The van der Waals surface area contributed by atoms with Gasteiger partial charge in [0.2, 0.25) is 12.3 Å². The summed E-state index contributed by atoms with van der Waals surface area (Å²) in [7, 11) is -10.7. The number of alkyl halides is 6. The average molecular weight is 1120 g/mol. The van der Waals surface area contributed by atoms with Gasteiger partial charge in [0.25, 0.3) is 0 Å². The van der Waals surface area contributed by atoms with E-state index in [0.29, 0.717) is 24.5 Å². The van der Waals surface area contributed by atoms with Gasteiger partial charge in [0.05, 0.1) is 45.0 Å². The third-order valence-corrected chi connectivity index (χ3v) is 7.92. The van der Waals surface area contributed by atoms with Crippen LogP contribution in [0.4, 0.5) is 69.1 Å². The van der Waals surface area contributed by atoms with E-state index in [9.17, 15) is 69.1 Å². The van der Waals surface area contributed by atoms with Gasteiger partial charge in [-0.2, -0.15) is 26.3 Å². The summed E-state index contributed by atoms with van der Waals surface area (Å²) in [6.45, 7) is 13.3. The fourth-order valence-corrected chi connectivity index (χ4v) is 4.78. The van der Waals surface area contributed by atoms with E-state index in [1.54, 1.807) is 0 Å². The summed E-state index contributed by atoms with van der Waals surface area (Å²) in [4.78, 5) is 16.0. The van der Waals surface area contributed by atoms with Crippen molar-refractivity contribution in [3.8, 4) is 11.4 Å². The molecule has 0 fully saturated rings. The van der Waals surface area contributed by atoms with Crippen molar-refractivity contribution in [3.63, 3.8) is 0 Å². The Morgan fingerprint density at radius 3 is 1.00 bits per heavy atom. The molecule has 4 aromatic heterocycles. The van der Waals surface area contributed by atoms with E-state index in [-0.39, 0.29) is 53.5 Å². The number of halogens is 16. The second-order valence-corrected chi connectivity index (χ2v) is 17.2. The molecule has 0 aromatic carbocycles. The normalized spacial score (nSPS) is 15.7. The number of hydrogen-bond donors (Lipinski definition) is 0. The first-order valence-corrected chi connectivity index (χ1v) is 19.7. The fraction of sp³-hybridized carbons (Fsp3) is 0.238. The first-order valence-electron chi connectivity index (χ1n) is 17.7. The number of nitrogens with zero attached hydrogens (tertiary/aromatic N) is 4. The van der Waals surface area contributed by atoms with Crippen LogP contribution >= 0.6 is 7.81 Å². The van der Waals surface area contributed by atoms with Crippen LogP contribution in [0.3, 0.4) is 0 Å². The van der Waals surface area contributed by atoms with E-state index in [2.05, 4.69) is 97.2 Å². The van der Waals surface area contributed by atoms with Crippen molar-refractivity contribution in [1.29, 1.82) is 0 Å². The van der Waals surface area contributed by atoms with Crippen molar-refractivity contribution in [2.24, 2.45) is 0 Å². The molecule has 6 rings (SSSR count). The van der Waals surface area contributed by atoms with Crippen molar-refractivity contribution in [3.05, 3.63) is 167 Å². The summed E-state index contributed by atoms with van der Waals surface area (Å²) in [5.74, 6) is -1.63. The van der Waals surface area contributed by atoms with Crippen LogP contribution in [0.15, 0.2) is 121 Å². The molecule has 4 heterocycles. The molecule has 0 aliphatic heterocycles. The van der Waals surface area contributed by atoms with Gasteiger partial charge < -0.3 is 0 Å². The number of hydrogen-bond acceptors (Lipinski definition) is 4. The third kappa shape index (κ3) is 19.0. The van der Waals surface area contributed by atoms with E-state index in [1.165, 1.54) is 11.1 Å². The first-order chi connectivity index (χ1) is 28.4. The van der Waals surface area contributed by atoms with Gasteiger partial charge in [0.1, 0.15) is 11.7 Å². The number of pyridine rings is 4. The van der Waals surface area contributed by atoms with Crippen LogP contribution in [0.5, 0.6) is 0 Å². The van der Waals surface area contributed by atoms with E-state index in [0.717, 1.165) is 47.8 Å². The van der Waals surface area contributed by atoms with Crippen molar-refractivity contribution < 1.29 is 89.2 Å². The Labute approximate surface area is 369 Å². The summed E-state index contributed by atoms with van der Waals surface area (Å²) < 4.78 is 185. The Balaban J connectivity index is 0.000000305. The van der Waals surface area contributed by atoms with Gasteiger partial charge in [-0.3, -0.25) is 19.9 Å². The zero-order valence-electron chi connectivity index (χ0n) is 33.9. The van der Waals surface area contributed by atoms with E-state index in [1.807, 2.05) is 12.4 Å². The predicted octanol–water partition coefficient (Wildman–Crippen LogP) is 16.1. The maximum Gasteiger partial charge on any atom is 0 e. The summed E-state index contributed by atoms with van der Waals surface area (Å²) in [6, 6.07) is 12.0. The molecule has 4 nitrogen and oxygen atoms in total. The molecule has 3 radical (unpaired) electrons. The summed E-state index contributed by atoms with van der Waals surface area (Å²) in [6.07, 6.45) is -2.93. The molecule has 2 aliphatic carbocycles.